The summed E-state index contributed by atoms with van der Waals surface area (Å²) in [6.45, 7) is 7.05. The molecule has 0 amide bonds. The average Bonchev–Trinajstić information content (AvgIpc) is 3.32. The minimum absolute atomic E-state index is 0.301. The maximum atomic E-state index is 6.13. The number of para-hydroxylation sites is 1. The molecule has 4 aromatic rings. The Hall–Kier alpha value is -3.20. The lowest BCUT2D eigenvalue weighted by atomic mass is 10.0. The van der Waals surface area contributed by atoms with Gasteiger partial charge in [0.1, 0.15) is 24.5 Å². The van der Waals surface area contributed by atoms with E-state index in [4.69, 9.17) is 20.2 Å². The Labute approximate surface area is 205 Å². The van der Waals surface area contributed by atoms with Crippen LogP contribution in [-0.2, 0) is 4.74 Å². The molecule has 2 aliphatic rings. The van der Waals surface area contributed by atoms with Crippen molar-refractivity contribution < 1.29 is 9.47 Å². The molecule has 35 heavy (non-hydrogen) atoms. The molecule has 0 saturated carbocycles. The van der Waals surface area contributed by atoms with E-state index in [1.54, 1.807) is 0 Å². The minimum Gasteiger partial charge on any atom is -0.492 e. The first-order valence-corrected chi connectivity index (χ1v) is 12.6. The summed E-state index contributed by atoms with van der Waals surface area (Å²) in [5.41, 5.74) is 10.2. The van der Waals surface area contributed by atoms with Gasteiger partial charge >= 0.3 is 0 Å². The van der Waals surface area contributed by atoms with Gasteiger partial charge in [-0.05, 0) is 43.2 Å². The van der Waals surface area contributed by atoms with Crippen molar-refractivity contribution in [3.05, 3.63) is 54.9 Å². The zero-order chi connectivity index (χ0) is 23.6. The van der Waals surface area contributed by atoms with Gasteiger partial charge in [0.05, 0.1) is 35.5 Å². The van der Waals surface area contributed by atoms with Crippen molar-refractivity contribution >= 4 is 27.6 Å². The van der Waals surface area contributed by atoms with Crippen molar-refractivity contribution in [3.63, 3.8) is 0 Å². The number of piperidine rings is 1. The van der Waals surface area contributed by atoms with Gasteiger partial charge in [-0.2, -0.15) is 0 Å². The Balaban J connectivity index is 1.23. The van der Waals surface area contributed by atoms with Crippen molar-refractivity contribution in [2.45, 2.75) is 18.9 Å². The molecule has 2 aliphatic heterocycles. The third-order valence-electron chi connectivity index (χ3n) is 7.11. The van der Waals surface area contributed by atoms with Crippen LogP contribution < -0.4 is 15.4 Å². The van der Waals surface area contributed by atoms with Crippen LogP contribution in [0.3, 0.4) is 0 Å². The molecule has 0 radical (unpaired) electrons. The van der Waals surface area contributed by atoms with Crippen LogP contribution in [0.4, 0.5) is 5.69 Å². The molecule has 0 unspecified atom stereocenters. The molecule has 2 aromatic heterocycles. The minimum atomic E-state index is 0.301. The number of imidazole rings is 1. The third kappa shape index (κ3) is 4.69. The molecule has 0 atom stereocenters. The number of anilines is 1. The predicted molar refractivity (Wildman–Crippen MR) is 139 cm³/mol. The first-order chi connectivity index (χ1) is 17.2. The van der Waals surface area contributed by atoms with E-state index in [0.29, 0.717) is 12.6 Å². The van der Waals surface area contributed by atoms with Gasteiger partial charge in [0.15, 0.2) is 0 Å². The topological polar surface area (TPSA) is 81.7 Å². The predicted octanol–water partition coefficient (Wildman–Crippen LogP) is 3.21. The smallest absolute Gasteiger partial charge is 0.139 e. The molecular formula is C27H32N6O2. The first kappa shape index (κ1) is 22.3. The van der Waals surface area contributed by atoms with Crippen LogP contribution in [0.2, 0.25) is 0 Å². The summed E-state index contributed by atoms with van der Waals surface area (Å²) in [6, 6.07) is 17.0. The monoisotopic (exact) mass is 472 g/mol. The fraction of sp³-hybridized carbons (Fsp3) is 0.407. The molecule has 2 saturated heterocycles. The Morgan fingerprint density at radius 2 is 1.86 bits per heavy atom. The molecule has 2 fully saturated rings. The number of morpholine rings is 1. The second-order valence-electron chi connectivity index (χ2n) is 9.41. The second kappa shape index (κ2) is 9.81. The molecule has 0 aliphatic carbocycles. The lowest BCUT2D eigenvalue weighted by molar-refractivity contribution is 0.0322. The number of aromatic nitrogens is 3. The highest BCUT2D eigenvalue weighted by molar-refractivity contribution is 5.92. The van der Waals surface area contributed by atoms with E-state index < -0.39 is 0 Å². The van der Waals surface area contributed by atoms with Gasteiger partial charge in [-0.15, -0.1) is 0 Å². The van der Waals surface area contributed by atoms with E-state index in [0.717, 1.165) is 92.3 Å². The summed E-state index contributed by atoms with van der Waals surface area (Å²) in [6.07, 6.45) is 3.87. The summed E-state index contributed by atoms with van der Waals surface area (Å²) in [7, 11) is 0. The first-order valence-electron chi connectivity index (χ1n) is 12.6. The zero-order valence-electron chi connectivity index (χ0n) is 20.0. The van der Waals surface area contributed by atoms with E-state index in [1.165, 1.54) is 5.69 Å². The number of nitrogens with two attached hydrogens (primary N) is 1. The van der Waals surface area contributed by atoms with Gasteiger partial charge in [-0.25, -0.2) is 9.97 Å². The largest absolute Gasteiger partial charge is 0.492 e. The number of hydrogen-bond acceptors (Lipinski definition) is 7. The highest BCUT2D eigenvalue weighted by Gasteiger charge is 2.19. The second-order valence-corrected chi connectivity index (χ2v) is 9.41. The fourth-order valence-corrected chi connectivity index (χ4v) is 5.03. The summed E-state index contributed by atoms with van der Waals surface area (Å²) < 4.78 is 13.5. The van der Waals surface area contributed by atoms with Gasteiger partial charge in [0.2, 0.25) is 0 Å². The number of fused-ring (bicyclic) bond motifs is 2. The number of nitrogens with zero attached hydrogens (tertiary/aromatic N) is 5. The maximum absolute atomic E-state index is 6.13. The van der Waals surface area contributed by atoms with Crippen molar-refractivity contribution in [2.75, 3.05) is 57.4 Å². The molecule has 4 heterocycles. The van der Waals surface area contributed by atoms with Gasteiger partial charge in [-0.3, -0.25) is 9.47 Å². The van der Waals surface area contributed by atoms with Crippen LogP contribution in [0.5, 0.6) is 5.75 Å². The number of pyridine rings is 1. The van der Waals surface area contributed by atoms with E-state index in [1.807, 2.05) is 18.5 Å². The molecule has 2 N–H and O–H groups in total. The maximum Gasteiger partial charge on any atom is 0.139 e. The van der Waals surface area contributed by atoms with E-state index >= 15 is 0 Å². The Morgan fingerprint density at radius 3 is 2.71 bits per heavy atom. The summed E-state index contributed by atoms with van der Waals surface area (Å²) in [4.78, 5) is 14.5. The van der Waals surface area contributed by atoms with Crippen LogP contribution >= 0.6 is 0 Å². The molecule has 8 nitrogen and oxygen atoms in total. The van der Waals surface area contributed by atoms with Gasteiger partial charge in [-0.1, -0.05) is 12.1 Å². The molecule has 6 rings (SSSR count). The highest BCUT2D eigenvalue weighted by Crippen LogP contribution is 2.29. The van der Waals surface area contributed by atoms with Crippen molar-refractivity contribution in [1.29, 1.82) is 0 Å². The normalized spacial score (nSPS) is 17.9. The Morgan fingerprint density at radius 1 is 1.00 bits per heavy atom. The Kier molecular flexibility index (Phi) is 6.24. The van der Waals surface area contributed by atoms with E-state index in [2.05, 4.69) is 55.7 Å². The van der Waals surface area contributed by atoms with Crippen LogP contribution in [0.25, 0.3) is 27.8 Å². The van der Waals surface area contributed by atoms with Gasteiger partial charge < -0.3 is 20.1 Å². The fourth-order valence-electron chi connectivity index (χ4n) is 5.03. The molecular weight excluding hydrogens is 440 g/mol. The summed E-state index contributed by atoms with van der Waals surface area (Å²) in [5, 5.41) is 1.14. The van der Waals surface area contributed by atoms with Crippen molar-refractivity contribution in [1.82, 2.24) is 19.4 Å². The molecule has 8 heteroatoms. The summed E-state index contributed by atoms with van der Waals surface area (Å²) in [5.74, 6) is 1.70. The van der Waals surface area contributed by atoms with E-state index in [-0.39, 0.29) is 0 Å². The molecule has 182 valence electrons. The van der Waals surface area contributed by atoms with Crippen LogP contribution in [0.1, 0.15) is 12.8 Å². The van der Waals surface area contributed by atoms with Crippen molar-refractivity contribution in [3.8, 4) is 11.6 Å². The average molecular weight is 473 g/mol. The zero-order valence-corrected chi connectivity index (χ0v) is 20.0. The van der Waals surface area contributed by atoms with E-state index in [9.17, 15) is 0 Å². The number of benzene rings is 2. The quantitative estimate of drug-likeness (QED) is 0.461. The number of rotatable bonds is 6. The van der Waals surface area contributed by atoms with Crippen LogP contribution in [0, 0.1) is 0 Å². The Bertz CT molecular complexity index is 1310. The highest BCUT2D eigenvalue weighted by atomic mass is 16.5. The van der Waals surface area contributed by atoms with Crippen molar-refractivity contribution in [2.24, 2.45) is 5.73 Å². The van der Waals surface area contributed by atoms with Crippen LogP contribution in [0.15, 0.2) is 54.9 Å². The lowest BCUT2D eigenvalue weighted by Crippen LogP contribution is -2.39. The molecule has 0 bridgehead atoms. The van der Waals surface area contributed by atoms with Gasteiger partial charge in [0.25, 0.3) is 0 Å². The van der Waals surface area contributed by atoms with Gasteiger partial charge in [0, 0.05) is 50.2 Å². The molecule has 2 aromatic carbocycles. The third-order valence-corrected chi connectivity index (χ3v) is 7.11. The van der Waals surface area contributed by atoms with Crippen LogP contribution in [-0.4, -0.2) is 78.0 Å². The number of hydrogen-bond donors (Lipinski definition) is 1. The lowest BCUT2D eigenvalue weighted by Gasteiger charge is -2.32. The standard InChI is InChI=1S/C27H32N6O2/c28-21-8-10-32(11-9-21)25-3-1-2-20-4-7-26(30-27(20)25)33-19-29-23-18-22(5-6-24(23)33)35-17-14-31-12-15-34-16-13-31/h1-7,18-19,21H,8-17,28H2. The number of ether oxygens (including phenoxy) is 2. The summed E-state index contributed by atoms with van der Waals surface area (Å²) >= 11 is 0. The molecule has 0 spiro atoms. The SMILES string of the molecule is NC1CCN(c2cccc3ccc(-n4cnc5cc(OCCN6CCOCC6)ccc54)nc23)CC1.